The molecule has 1 saturated carbocycles. The van der Waals surface area contributed by atoms with Crippen molar-refractivity contribution < 1.29 is 4.74 Å². The number of halogens is 2. The van der Waals surface area contributed by atoms with Gasteiger partial charge in [-0.2, -0.15) is 0 Å². The summed E-state index contributed by atoms with van der Waals surface area (Å²) in [4.78, 5) is 0. The van der Waals surface area contributed by atoms with Crippen LogP contribution < -0.4 is 10.5 Å². The number of hydrogen-bond acceptors (Lipinski definition) is 2. The van der Waals surface area contributed by atoms with Gasteiger partial charge in [-0.3, -0.25) is 0 Å². The lowest BCUT2D eigenvalue weighted by Crippen LogP contribution is -2.19. The third kappa shape index (κ3) is 3.36. The summed E-state index contributed by atoms with van der Waals surface area (Å²) in [7, 11) is 1.70. The van der Waals surface area contributed by atoms with Crippen LogP contribution in [0.15, 0.2) is 22.7 Å². The molecule has 17 heavy (non-hydrogen) atoms. The third-order valence-corrected chi connectivity index (χ3v) is 3.95. The Bertz CT molecular complexity index is 366. The first-order valence-corrected chi connectivity index (χ1v) is 6.60. The number of methoxy groups -OCH3 is 1. The van der Waals surface area contributed by atoms with Crippen molar-refractivity contribution in [1.29, 1.82) is 0 Å². The molecule has 0 saturated heterocycles. The Morgan fingerprint density at radius 3 is 2.59 bits per heavy atom. The Morgan fingerprint density at radius 1 is 1.35 bits per heavy atom. The number of hydrogen-bond donors (Lipinski definition) is 1. The van der Waals surface area contributed by atoms with Crippen LogP contribution in [-0.2, 0) is 0 Å². The molecule has 0 spiro atoms. The van der Waals surface area contributed by atoms with E-state index in [4.69, 9.17) is 10.5 Å². The topological polar surface area (TPSA) is 35.2 Å². The zero-order chi connectivity index (χ0) is 11.5. The average molecular weight is 321 g/mol. The van der Waals surface area contributed by atoms with Crippen molar-refractivity contribution in [3.8, 4) is 5.75 Å². The van der Waals surface area contributed by atoms with E-state index in [0.717, 1.165) is 15.8 Å². The molecule has 2 N–H and O–H groups in total. The quantitative estimate of drug-likeness (QED) is 0.911. The summed E-state index contributed by atoms with van der Waals surface area (Å²) in [6.07, 6.45) is 5.12. The molecule has 1 aromatic carbocycles. The summed E-state index contributed by atoms with van der Waals surface area (Å²) in [5.74, 6) is 1.52. The van der Waals surface area contributed by atoms with Crippen molar-refractivity contribution in [2.75, 3.05) is 7.11 Å². The minimum atomic E-state index is 0. The highest BCUT2D eigenvalue weighted by molar-refractivity contribution is 9.10. The second kappa shape index (κ2) is 6.62. The summed E-state index contributed by atoms with van der Waals surface area (Å²) in [5.41, 5.74) is 7.47. The van der Waals surface area contributed by atoms with Crippen LogP contribution in [0.3, 0.4) is 0 Å². The number of rotatable bonds is 3. The molecular formula is C13H19BrClNO. The van der Waals surface area contributed by atoms with E-state index in [-0.39, 0.29) is 18.4 Å². The van der Waals surface area contributed by atoms with Gasteiger partial charge >= 0.3 is 0 Å². The minimum Gasteiger partial charge on any atom is -0.496 e. The minimum absolute atomic E-state index is 0. The van der Waals surface area contributed by atoms with Crippen molar-refractivity contribution in [1.82, 2.24) is 0 Å². The lowest BCUT2D eigenvalue weighted by Gasteiger charge is -2.21. The second-order valence-electron chi connectivity index (χ2n) is 4.46. The molecule has 2 nitrogen and oxygen atoms in total. The van der Waals surface area contributed by atoms with Gasteiger partial charge in [-0.25, -0.2) is 0 Å². The van der Waals surface area contributed by atoms with Crippen LogP contribution in [0, 0.1) is 5.92 Å². The predicted octanol–water partition coefficient (Wildman–Crippen LogP) is 4.07. The summed E-state index contributed by atoms with van der Waals surface area (Å²) in [6, 6.07) is 6.16. The van der Waals surface area contributed by atoms with Crippen molar-refractivity contribution >= 4 is 28.3 Å². The van der Waals surface area contributed by atoms with E-state index < -0.39 is 0 Å². The van der Waals surface area contributed by atoms with Gasteiger partial charge in [-0.1, -0.05) is 28.8 Å². The molecule has 0 unspecified atom stereocenters. The smallest absolute Gasteiger partial charge is 0.123 e. The predicted molar refractivity (Wildman–Crippen MR) is 76.8 cm³/mol. The standard InChI is InChI=1S/C13H18BrNO.ClH/c1-16-12-7-6-10(14)8-11(12)13(15)9-4-2-3-5-9;/h6-9,13H,2-5,15H2,1H3;1H/t13-;/m0./s1. The van der Waals surface area contributed by atoms with Gasteiger partial charge in [-0.05, 0) is 37.0 Å². The molecule has 1 aromatic rings. The first kappa shape index (κ1) is 14.8. The highest BCUT2D eigenvalue weighted by atomic mass is 79.9. The Morgan fingerprint density at radius 2 is 2.00 bits per heavy atom. The Hall–Kier alpha value is -0.250. The highest BCUT2D eigenvalue weighted by Gasteiger charge is 2.25. The van der Waals surface area contributed by atoms with E-state index in [1.165, 1.54) is 25.7 Å². The van der Waals surface area contributed by atoms with Crippen LogP contribution >= 0.6 is 28.3 Å². The maximum absolute atomic E-state index is 6.34. The average Bonchev–Trinajstić information content (AvgIpc) is 2.81. The van der Waals surface area contributed by atoms with E-state index in [2.05, 4.69) is 22.0 Å². The molecule has 1 aliphatic carbocycles. The second-order valence-corrected chi connectivity index (χ2v) is 5.37. The third-order valence-electron chi connectivity index (χ3n) is 3.46. The van der Waals surface area contributed by atoms with Gasteiger partial charge in [0.25, 0.3) is 0 Å². The van der Waals surface area contributed by atoms with Crippen molar-refractivity contribution in [3.63, 3.8) is 0 Å². The number of nitrogens with two attached hydrogens (primary N) is 1. The monoisotopic (exact) mass is 319 g/mol. The maximum atomic E-state index is 6.34. The largest absolute Gasteiger partial charge is 0.496 e. The molecular weight excluding hydrogens is 302 g/mol. The molecule has 4 heteroatoms. The van der Waals surface area contributed by atoms with Gasteiger partial charge in [-0.15, -0.1) is 12.4 Å². The molecule has 96 valence electrons. The van der Waals surface area contributed by atoms with Gasteiger partial charge < -0.3 is 10.5 Å². The Labute approximate surface area is 117 Å². The van der Waals surface area contributed by atoms with Crippen LogP contribution in [0.1, 0.15) is 37.3 Å². The van der Waals surface area contributed by atoms with Crippen LogP contribution in [0.2, 0.25) is 0 Å². The van der Waals surface area contributed by atoms with Crippen LogP contribution in [0.5, 0.6) is 5.75 Å². The molecule has 0 heterocycles. The van der Waals surface area contributed by atoms with Crippen LogP contribution in [0.25, 0.3) is 0 Å². The molecule has 0 amide bonds. The van der Waals surface area contributed by atoms with Gasteiger partial charge in [0.05, 0.1) is 7.11 Å². The summed E-state index contributed by atoms with van der Waals surface area (Å²) < 4.78 is 6.45. The lowest BCUT2D eigenvalue weighted by atomic mass is 9.92. The zero-order valence-electron chi connectivity index (χ0n) is 9.99. The molecule has 1 fully saturated rings. The van der Waals surface area contributed by atoms with Crippen molar-refractivity contribution in [2.24, 2.45) is 11.7 Å². The zero-order valence-corrected chi connectivity index (χ0v) is 12.4. The van der Waals surface area contributed by atoms with Gasteiger partial charge in [0, 0.05) is 16.1 Å². The molecule has 0 radical (unpaired) electrons. The van der Waals surface area contributed by atoms with Crippen LogP contribution in [-0.4, -0.2) is 7.11 Å². The van der Waals surface area contributed by atoms with E-state index in [9.17, 15) is 0 Å². The van der Waals surface area contributed by atoms with Gasteiger partial charge in [0.1, 0.15) is 5.75 Å². The van der Waals surface area contributed by atoms with Crippen molar-refractivity contribution in [2.45, 2.75) is 31.7 Å². The lowest BCUT2D eigenvalue weighted by molar-refractivity contribution is 0.385. The maximum Gasteiger partial charge on any atom is 0.123 e. The highest BCUT2D eigenvalue weighted by Crippen LogP contribution is 2.38. The first-order valence-electron chi connectivity index (χ1n) is 5.81. The Kier molecular flexibility index (Phi) is 5.77. The number of ether oxygens (including phenoxy) is 1. The summed E-state index contributed by atoms with van der Waals surface area (Å²) in [6.45, 7) is 0. The first-order chi connectivity index (χ1) is 7.72. The summed E-state index contributed by atoms with van der Waals surface area (Å²) >= 11 is 3.49. The molecule has 0 bridgehead atoms. The molecule has 1 atom stereocenters. The van der Waals surface area contributed by atoms with E-state index in [1.807, 2.05) is 12.1 Å². The fourth-order valence-electron chi connectivity index (χ4n) is 2.54. The molecule has 2 rings (SSSR count). The Balaban J connectivity index is 0.00000144. The molecule has 1 aliphatic rings. The fourth-order valence-corrected chi connectivity index (χ4v) is 2.91. The van der Waals surface area contributed by atoms with Gasteiger partial charge in [0.15, 0.2) is 0 Å². The van der Waals surface area contributed by atoms with E-state index in [1.54, 1.807) is 7.11 Å². The van der Waals surface area contributed by atoms with E-state index in [0.29, 0.717) is 5.92 Å². The van der Waals surface area contributed by atoms with Crippen LogP contribution in [0.4, 0.5) is 0 Å². The fraction of sp³-hybridized carbons (Fsp3) is 0.538. The SMILES string of the molecule is COc1ccc(Br)cc1[C@@H](N)C1CCCC1.Cl. The van der Waals surface area contributed by atoms with E-state index >= 15 is 0 Å². The van der Waals surface area contributed by atoms with Gasteiger partial charge in [0.2, 0.25) is 0 Å². The normalized spacial score (nSPS) is 17.6. The number of benzene rings is 1. The van der Waals surface area contributed by atoms with Crippen molar-refractivity contribution in [3.05, 3.63) is 28.2 Å². The summed E-state index contributed by atoms with van der Waals surface area (Å²) in [5, 5.41) is 0. The molecule has 0 aliphatic heterocycles. The molecule has 0 aromatic heterocycles.